The number of amides is 1. The zero-order chi connectivity index (χ0) is 17.1. The van der Waals surface area contributed by atoms with Crippen molar-refractivity contribution in [2.45, 2.75) is 33.0 Å². The summed E-state index contributed by atoms with van der Waals surface area (Å²) in [5.41, 5.74) is 0.570. The van der Waals surface area contributed by atoms with Crippen molar-refractivity contribution >= 4 is 5.91 Å². The lowest BCUT2D eigenvalue weighted by Crippen LogP contribution is -2.39. The first-order valence-electron chi connectivity index (χ1n) is 8.31. The molecule has 1 atom stereocenters. The highest BCUT2D eigenvalue weighted by Crippen LogP contribution is 2.18. The molecular weight excluding hydrogens is 304 g/mol. The highest BCUT2D eigenvalue weighted by atomic mass is 16.2. The minimum atomic E-state index is -0.0152. The van der Waals surface area contributed by atoms with Crippen LogP contribution >= 0.6 is 0 Å². The van der Waals surface area contributed by atoms with Gasteiger partial charge >= 0.3 is 0 Å². The monoisotopic (exact) mass is 328 g/mol. The van der Waals surface area contributed by atoms with Crippen molar-refractivity contribution in [2.75, 3.05) is 20.1 Å². The molecule has 1 aliphatic heterocycles. The van der Waals surface area contributed by atoms with Gasteiger partial charge in [0.15, 0.2) is 0 Å². The van der Waals surface area contributed by atoms with Gasteiger partial charge in [-0.15, -0.1) is 0 Å². The van der Waals surface area contributed by atoms with Crippen LogP contribution in [0, 0.1) is 5.92 Å². The second kappa shape index (κ2) is 7.09. The van der Waals surface area contributed by atoms with Crippen LogP contribution in [-0.4, -0.2) is 61.6 Å². The largest absolute Gasteiger partial charge is 0.333 e. The number of carbonyl (C=O) groups is 1. The van der Waals surface area contributed by atoms with E-state index in [1.54, 1.807) is 18.5 Å². The number of hydrogen-bond acceptors (Lipinski definition) is 5. The summed E-state index contributed by atoms with van der Waals surface area (Å²) in [6.07, 6.45) is 6.88. The van der Waals surface area contributed by atoms with Gasteiger partial charge in [-0.3, -0.25) is 4.79 Å². The molecule has 0 aromatic carbocycles. The molecule has 0 aliphatic carbocycles. The van der Waals surface area contributed by atoms with E-state index >= 15 is 0 Å². The molecule has 0 spiro atoms. The number of nitrogens with zero attached hydrogens (tertiary/aromatic N) is 6. The summed E-state index contributed by atoms with van der Waals surface area (Å²) < 4.78 is 2.16. The first kappa shape index (κ1) is 16.6. The lowest BCUT2D eigenvalue weighted by Gasteiger charge is -2.29. The molecule has 0 bridgehead atoms. The van der Waals surface area contributed by atoms with Crippen LogP contribution in [0.15, 0.2) is 30.9 Å². The molecule has 0 N–H and O–H groups in total. The van der Waals surface area contributed by atoms with Crippen LogP contribution < -0.4 is 0 Å². The molecule has 0 saturated carbocycles. The van der Waals surface area contributed by atoms with Gasteiger partial charge in [0.2, 0.25) is 0 Å². The zero-order valence-electron chi connectivity index (χ0n) is 14.5. The van der Waals surface area contributed by atoms with Gasteiger partial charge in [-0.2, -0.15) is 10.2 Å². The van der Waals surface area contributed by atoms with Gasteiger partial charge in [-0.05, 0) is 27.0 Å². The van der Waals surface area contributed by atoms with Crippen molar-refractivity contribution in [3.8, 4) is 0 Å². The smallest absolute Gasteiger partial charge is 0.255 e. The number of hydrogen-bond donors (Lipinski definition) is 0. The second-order valence-corrected chi connectivity index (χ2v) is 6.71. The summed E-state index contributed by atoms with van der Waals surface area (Å²) in [7, 11) is 2.13. The SMILES string of the molecule is CC(C)N(C)C[C@@H]1CN(C(=O)c2ccnnc2)Cc2nccn2C1. The maximum atomic E-state index is 12.9. The van der Waals surface area contributed by atoms with E-state index in [4.69, 9.17) is 0 Å². The van der Waals surface area contributed by atoms with Gasteiger partial charge < -0.3 is 14.4 Å². The lowest BCUT2D eigenvalue weighted by atomic mass is 10.1. The van der Waals surface area contributed by atoms with Crippen LogP contribution in [0.2, 0.25) is 0 Å². The van der Waals surface area contributed by atoms with Crippen LogP contribution in [0.1, 0.15) is 30.0 Å². The molecule has 3 rings (SSSR count). The highest BCUT2D eigenvalue weighted by molar-refractivity contribution is 5.93. The van der Waals surface area contributed by atoms with E-state index in [9.17, 15) is 4.79 Å². The molecule has 7 nitrogen and oxygen atoms in total. The zero-order valence-corrected chi connectivity index (χ0v) is 14.5. The summed E-state index contributed by atoms with van der Waals surface area (Å²) in [5, 5.41) is 7.57. The molecular formula is C17H24N6O. The Balaban J connectivity index is 1.82. The van der Waals surface area contributed by atoms with E-state index in [1.807, 2.05) is 11.1 Å². The molecule has 0 unspecified atom stereocenters. The lowest BCUT2D eigenvalue weighted by molar-refractivity contribution is 0.0702. The molecule has 2 aromatic rings. The van der Waals surface area contributed by atoms with Gasteiger partial charge in [-0.1, -0.05) is 0 Å². The first-order chi connectivity index (χ1) is 11.5. The fraction of sp³-hybridized carbons (Fsp3) is 0.529. The van der Waals surface area contributed by atoms with Crippen molar-refractivity contribution in [2.24, 2.45) is 5.92 Å². The standard InChI is InChI=1S/C17H24N6O/c1-13(2)21(3)9-14-10-22-7-6-18-16(22)12-23(11-14)17(24)15-4-5-19-20-8-15/h4-8,13-14H,9-12H2,1-3H3/t14-/m0/s1. The average Bonchev–Trinajstić information content (AvgIpc) is 2.93. The molecule has 0 saturated heterocycles. The predicted molar refractivity (Wildman–Crippen MR) is 90.3 cm³/mol. The van der Waals surface area contributed by atoms with E-state index in [1.165, 1.54) is 6.20 Å². The van der Waals surface area contributed by atoms with E-state index < -0.39 is 0 Å². The quantitative estimate of drug-likeness (QED) is 0.846. The van der Waals surface area contributed by atoms with Gasteiger partial charge in [0.25, 0.3) is 5.91 Å². The maximum absolute atomic E-state index is 12.9. The van der Waals surface area contributed by atoms with Gasteiger partial charge in [-0.25, -0.2) is 4.98 Å². The number of aromatic nitrogens is 4. The Morgan fingerprint density at radius 2 is 2.17 bits per heavy atom. The fourth-order valence-electron chi connectivity index (χ4n) is 3.03. The molecule has 1 aliphatic rings. The molecule has 3 heterocycles. The summed E-state index contributed by atoms with van der Waals surface area (Å²) in [6.45, 7) is 7.42. The Labute approximate surface area is 142 Å². The van der Waals surface area contributed by atoms with E-state index in [-0.39, 0.29) is 5.91 Å². The number of rotatable bonds is 4. The van der Waals surface area contributed by atoms with E-state index in [2.05, 4.69) is 45.5 Å². The fourth-order valence-corrected chi connectivity index (χ4v) is 3.03. The van der Waals surface area contributed by atoms with Crippen LogP contribution in [0.5, 0.6) is 0 Å². The third kappa shape index (κ3) is 3.62. The van der Waals surface area contributed by atoms with Crippen LogP contribution in [0.25, 0.3) is 0 Å². The van der Waals surface area contributed by atoms with Crippen molar-refractivity contribution in [3.05, 3.63) is 42.2 Å². The van der Waals surface area contributed by atoms with Gasteiger partial charge in [0.1, 0.15) is 5.82 Å². The first-order valence-corrected chi connectivity index (χ1v) is 8.31. The maximum Gasteiger partial charge on any atom is 0.255 e. The Bertz CT molecular complexity index is 683. The number of imidazole rings is 1. The van der Waals surface area contributed by atoms with Gasteiger partial charge in [0, 0.05) is 44.0 Å². The number of fused-ring (bicyclic) bond motifs is 1. The minimum absolute atomic E-state index is 0.0152. The van der Waals surface area contributed by atoms with E-state index in [0.717, 1.165) is 18.9 Å². The Hall–Kier alpha value is -2.28. The van der Waals surface area contributed by atoms with Crippen LogP contribution in [-0.2, 0) is 13.1 Å². The summed E-state index contributed by atoms with van der Waals surface area (Å²) >= 11 is 0. The summed E-state index contributed by atoms with van der Waals surface area (Å²) in [5.74, 6) is 1.27. The van der Waals surface area contributed by atoms with Crippen LogP contribution in [0.4, 0.5) is 0 Å². The molecule has 2 aromatic heterocycles. The molecule has 128 valence electrons. The highest BCUT2D eigenvalue weighted by Gasteiger charge is 2.27. The van der Waals surface area contributed by atoms with Gasteiger partial charge in [0.05, 0.1) is 24.5 Å². The predicted octanol–water partition coefficient (Wildman–Crippen LogP) is 1.29. The Morgan fingerprint density at radius 1 is 1.33 bits per heavy atom. The third-order valence-electron chi connectivity index (χ3n) is 4.61. The van der Waals surface area contributed by atoms with Crippen molar-refractivity contribution in [1.29, 1.82) is 0 Å². The van der Waals surface area contributed by atoms with E-state index in [0.29, 0.717) is 30.6 Å². The average molecular weight is 328 g/mol. The molecule has 0 radical (unpaired) electrons. The minimum Gasteiger partial charge on any atom is -0.333 e. The normalized spacial score (nSPS) is 17.9. The molecule has 7 heteroatoms. The Kier molecular flexibility index (Phi) is 4.89. The summed E-state index contributed by atoms with van der Waals surface area (Å²) in [6, 6.07) is 2.19. The number of carbonyl (C=O) groups excluding carboxylic acids is 1. The van der Waals surface area contributed by atoms with Crippen molar-refractivity contribution < 1.29 is 4.79 Å². The third-order valence-corrected chi connectivity index (χ3v) is 4.61. The second-order valence-electron chi connectivity index (χ2n) is 6.71. The topological polar surface area (TPSA) is 67.2 Å². The summed E-state index contributed by atoms with van der Waals surface area (Å²) in [4.78, 5) is 21.5. The van der Waals surface area contributed by atoms with Crippen LogP contribution in [0.3, 0.4) is 0 Å². The molecule has 1 amide bonds. The van der Waals surface area contributed by atoms with Crippen molar-refractivity contribution in [1.82, 2.24) is 29.5 Å². The Morgan fingerprint density at radius 3 is 2.88 bits per heavy atom. The van der Waals surface area contributed by atoms with Crippen molar-refractivity contribution in [3.63, 3.8) is 0 Å². The molecule has 24 heavy (non-hydrogen) atoms. The molecule has 0 fully saturated rings.